The maximum atomic E-state index is 10.6. The highest BCUT2D eigenvalue weighted by molar-refractivity contribution is 9.10. The predicted molar refractivity (Wildman–Crippen MR) is 144 cm³/mol. The molecule has 34 heavy (non-hydrogen) atoms. The zero-order valence-corrected chi connectivity index (χ0v) is 20.6. The zero-order valence-electron chi connectivity index (χ0n) is 18.2. The summed E-state index contributed by atoms with van der Waals surface area (Å²) >= 11 is 9.65. The second-order valence-electron chi connectivity index (χ2n) is 7.64. The molecule has 0 fully saturated rings. The highest BCUT2D eigenvalue weighted by Gasteiger charge is 2.19. The number of anilines is 2. The van der Waals surface area contributed by atoms with Crippen LogP contribution in [0.2, 0.25) is 5.02 Å². The molecule has 0 amide bonds. The smallest absolute Gasteiger partial charge is 0.124 e. The third-order valence-corrected chi connectivity index (χ3v) is 5.94. The molecule has 0 heterocycles. The molecule has 0 saturated heterocycles. The van der Waals surface area contributed by atoms with Crippen LogP contribution in [0.25, 0.3) is 0 Å². The lowest BCUT2D eigenvalue weighted by Gasteiger charge is -2.22. The molecule has 0 unspecified atom stereocenters. The number of nitrogens with zero attached hydrogens (tertiary/aromatic N) is 1. The fourth-order valence-electron chi connectivity index (χ4n) is 3.43. The Labute approximate surface area is 212 Å². The van der Waals surface area contributed by atoms with E-state index in [1.165, 1.54) is 0 Å². The third kappa shape index (κ3) is 6.60. The van der Waals surface area contributed by atoms with Crippen molar-refractivity contribution in [1.82, 2.24) is 5.43 Å². The van der Waals surface area contributed by atoms with E-state index >= 15 is 0 Å². The fourth-order valence-corrected chi connectivity index (χ4v) is 3.92. The van der Waals surface area contributed by atoms with E-state index in [1.807, 2.05) is 91.0 Å². The molecule has 0 aliphatic rings. The second kappa shape index (κ2) is 11.7. The molecule has 4 aromatic carbocycles. The molecule has 4 rings (SSSR count). The van der Waals surface area contributed by atoms with E-state index in [4.69, 9.17) is 16.7 Å². The van der Waals surface area contributed by atoms with Crippen molar-refractivity contribution in [2.45, 2.75) is 12.5 Å². The number of hydrogen-bond acceptors (Lipinski definition) is 5. The summed E-state index contributed by atoms with van der Waals surface area (Å²) in [6, 6.07) is 32.4. The summed E-state index contributed by atoms with van der Waals surface area (Å²) in [5, 5.41) is 16.0. The molecule has 0 bridgehead atoms. The standard InChI is InChI=1S/C27H24BrClN4O/c28-20-13-16-27(34)24(17-20)26(33-31-23-9-5-2-6-10-23)18-25(19-11-14-21(29)15-12-19)32-30-22-7-3-1-4-8-22/h1-17,25,30-32,34H,18H2/t25-/m0/s1. The summed E-state index contributed by atoms with van der Waals surface area (Å²) in [7, 11) is 0. The van der Waals surface area contributed by atoms with Crippen LogP contribution in [-0.2, 0) is 0 Å². The highest BCUT2D eigenvalue weighted by atomic mass is 79.9. The molecule has 0 aliphatic heterocycles. The highest BCUT2D eigenvalue weighted by Crippen LogP contribution is 2.28. The van der Waals surface area contributed by atoms with E-state index in [0.29, 0.717) is 22.7 Å². The first kappa shape index (κ1) is 23.8. The molecule has 4 aromatic rings. The number of benzene rings is 4. The van der Waals surface area contributed by atoms with Gasteiger partial charge in [0.05, 0.1) is 17.4 Å². The topological polar surface area (TPSA) is 68.7 Å². The molecular formula is C27H24BrClN4O. The minimum atomic E-state index is -0.174. The van der Waals surface area contributed by atoms with Crippen molar-refractivity contribution < 1.29 is 5.11 Å². The minimum absolute atomic E-state index is 0.155. The summed E-state index contributed by atoms with van der Waals surface area (Å²) < 4.78 is 0.853. The van der Waals surface area contributed by atoms with Gasteiger partial charge in [-0.3, -0.25) is 5.43 Å². The van der Waals surface area contributed by atoms with E-state index in [0.717, 1.165) is 21.4 Å². The van der Waals surface area contributed by atoms with Crippen LogP contribution in [-0.4, -0.2) is 10.8 Å². The Morgan fingerprint density at radius 3 is 2.18 bits per heavy atom. The Kier molecular flexibility index (Phi) is 8.20. The SMILES string of the molecule is Oc1ccc(Br)cc1C(C[C@H](NNc1ccccc1)c1ccc(Cl)cc1)=NNc1ccccc1. The van der Waals surface area contributed by atoms with Crippen molar-refractivity contribution in [1.29, 1.82) is 0 Å². The summed E-state index contributed by atoms with van der Waals surface area (Å²) in [6.07, 6.45) is 0.477. The lowest BCUT2D eigenvalue weighted by atomic mass is 9.97. The normalized spacial score (nSPS) is 12.2. The summed E-state index contributed by atoms with van der Waals surface area (Å²) in [5.74, 6) is 0.155. The second-order valence-corrected chi connectivity index (χ2v) is 8.99. The maximum absolute atomic E-state index is 10.6. The number of para-hydroxylation sites is 2. The van der Waals surface area contributed by atoms with Crippen LogP contribution < -0.4 is 16.3 Å². The maximum Gasteiger partial charge on any atom is 0.124 e. The average Bonchev–Trinajstić information content (AvgIpc) is 2.87. The first-order chi connectivity index (χ1) is 16.6. The molecule has 172 valence electrons. The number of rotatable bonds is 9. The van der Waals surface area contributed by atoms with Crippen molar-refractivity contribution in [2.24, 2.45) is 5.10 Å². The average molecular weight is 536 g/mol. The Hall–Kier alpha value is -3.32. The van der Waals surface area contributed by atoms with E-state index < -0.39 is 0 Å². The summed E-state index contributed by atoms with van der Waals surface area (Å²) in [6.45, 7) is 0. The monoisotopic (exact) mass is 534 g/mol. The van der Waals surface area contributed by atoms with Crippen LogP contribution >= 0.6 is 27.5 Å². The number of halogens is 2. The molecule has 0 saturated carbocycles. The Morgan fingerprint density at radius 2 is 1.50 bits per heavy atom. The van der Waals surface area contributed by atoms with Gasteiger partial charge in [-0.25, -0.2) is 5.43 Å². The van der Waals surface area contributed by atoms with Crippen molar-refractivity contribution in [3.63, 3.8) is 0 Å². The third-order valence-electron chi connectivity index (χ3n) is 5.20. The van der Waals surface area contributed by atoms with Crippen LogP contribution in [0, 0.1) is 0 Å². The molecule has 0 aromatic heterocycles. The van der Waals surface area contributed by atoms with Gasteiger partial charge in [0.2, 0.25) is 0 Å². The van der Waals surface area contributed by atoms with Gasteiger partial charge in [-0.15, -0.1) is 0 Å². The Morgan fingerprint density at radius 1 is 0.853 bits per heavy atom. The van der Waals surface area contributed by atoms with Gasteiger partial charge in [-0.2, -0.15) is 5.10 Å². The number of nitrogens with one attached hydrogen (secondary N) is 3. The van der Waals surface area contributed by atoms with E-state index in [2.05, 4.69) is 32.2 Å². The van der Waals surface area contributed by atoms with Crippen molar-refractivity contribution >= 4 is 44.6 Å². The number of hydrazone groups is 1. The lowest BCUT2D eigenvalue weighted by molar-refractivity contribution is 0.473. The summed E-state index contributed by atoms with van der Waals surface area (Å²) in [4.78, 5) is 0. The van der Waals surface area contributed by atoms with Gasteiger partial charge >= 0.3 is 0 Å². The largest absolute Gasteiger partial charge is 0.507 e. The van der Waals surface area contributed by atoms with E-state index in [1.54, 1.807) is 12.1 Å². The molecule has 7 heteroatoms. The molecule has 0 spiro atoms. The van der Waals surface area contributed by atoms with Gasteiger partial charge in [-0.1, -0.05) is 76.1 Å². The number of hydrazine groups is 1. The summed E-state index contributed by atoms with van der Waals surface area (Å²) in [5.41, 5.74) is 14.0. The first-order valence-corrected chi connectivity index (χ1v) is 11.9. The van der Waals surface area contributed by atoms with Gasteiger partial charge < -0.3 is 10.5 Å². The number of aromatic hydroxyl groups is 1. The fraction of sp³-hybridized carbons (Fsp3) is 0.0741. The quantitative estimate of drug-likeness (QED) is 0.133. The van der Waals surface area contributed by atoms with E-state index in [-0.39, 0.29) is 11.8 Å². The number of phenolic OH excluding ortho intramolecular Hbond substituents is 1. The molecular weight excluding hydrogens is 512 g/mol. The van der Waals surface area contributed by atoms with Crippen molar-refractivity contribution in [3.05, 3.63) is 124 Å². The molecule has 1 atom stereocenters. The van der Waals surface area contributed by atoms with Gasteiger partial charge in [0.1, 0.15) is 5.75 Å². The van der Waals surface area contributed by atoms with Gasteiger partial charge in [0, 0.05) is 27.2 Å². The van der Waals surface area contributed by atoms with Crippen LogP contribution in [0.1, 0.15) is 23.6 Å². The minimum Gasteiger partial charge on any atom is -0.507 e. The molecule has 0 radical (unpaired) electrons. The van der Waals surface area contributed by atoms with Crippen molar-refractivity contribution in [2.75, 3.05) is 10.9 Å². The van der Waals surface area contributed by atoms with Crippen LogP contribution in [0.4, 0.5) is 11.4 Å². The molecule has 4 N–H and O–H groups in total. The van der Waals surface area contributed by atoms with Gasteiger partial charge in [0.25, 0.3) is 0 Å². The Bertz CT molecular complexity index is 1230. The first-order valence-electron chi connectivity index (χ1n) is 10.8. The van der Waals surface area contributed by atoms with Crippen LogP contribution in [0.3, 0.4) is 0 Å². The van der Waals surface area contributed by atoms with Gasteiger partial charge in [0.15, 0.2) is 0 Å². The lowest BCUT2D eigenvalue weighted by Crippen LogP contribution is -2.29. The number of hydrogen-bond donors (Lipinski definition) is 4. The zero-order chi connectivity index (χ0) is 23.8. The predicted octanol–water partition coefficient (Wildman–Crippen LogP) is 7.37. The van der Waals surface area contributed by atoms with Gasteiger partial charge in [-0.05, 0) is 60.2 Å². The molecule has 0 aliphatic carbocycles. The molecule has 5 nitrogen and oxygen atoms in total. The van der Waals surface area contributed by atoms with Crippen LogP contribution in [0.5, 0.6) is 5.75 Å². The van der Waals surface area contributed by atoms with E-state index in [9.17, 15) is 5.11 Å². The Balaban J connectivity index is 1.67. The van der Waals surface area contributed by atoms with Crippen LogP contribution in [0.15, 0.2) is 113 Å². The number of phenols is 1. The van der Waals surface area contributed by atoms with Crippen molar-refractivity contribution in [3.8, 4) is 5.75 Å².